The van der Waals surface area contributed by atoms with Gasteiger partial charge < -0.3 is 30.3 Å². The number of aromatic nitrogens is 8. The lowest BCUT2D eigenvalue weighted by molar-refractivity contribution is 0.459. The molecule has 0 unspecified atom stereocenters. The van der Waals surface area contributed by atoms with Gasteiger partial charge in [0.1, 0.15) is 22.9 Å². The van der Waals surface area contributed by atoms with Crippen molar-refractivity contribution in [2.45, 2.75) is 62.7 Å². The van der Waals surface area contributed by atoms with E-state index < -0.39 is 0 Å². The third kappa shape index (κ3) is 6.85. The van der Waals surface area contributed by atoms with Gasteiger partial charge in [-0.05, 0) is 98.2 Å². The van der Waals surface area contributed by atoms with E-state index in [2.05, 4.69) is 56.1 Å². The first-order valence-electron chi connectivity index (χ1n) is 19.0. The van der Waals surface area contributed by atoms with Gasteiger partial charge in [-0.2, -0.15) is 10.2 Å². The fourth-order valence-electron chi connectivity index (χ4n) is 7.68. The highest BCUT2D eigenvalue weighted by atomic mass is 16.5. The second kappa shape index (κ2) is 13.8. The number of phenolic OH excluding ortho intramolecular Hbond substituents is 1. The Hall–Kier alpha value is -5.86. The predicted molar refractivity (Wildman–Crippen MR) is 205 cm³/mol. The Morgan fingerprint density at radius 1 is 0.593 bits per heavy atom. The summed E-state index contributed by atoms with van der Waals surface area (Å²) in [6.45, 7) is 3.70. The lowest BCUT2D eigenvalue weighted by Gasteiger charge is -2.19. The predicted octanol–water partition coefficient (Wildman–Crippen LogP) is 5.54. The van der Waals surface area contributed by atoms with Crippen molar-refractivity contribution in [3.63, 3.8) is 0 Å². The molecule has 10 rings (SSSR count). The molecule has 4 fully saturated rings. The number of ether oxygens (including phenoxy) is 1. The fourth-order valence-corrected chi connectivity index (χ4v) is 7.68. The van der Waals surface area contributed by atoms with Crippen LogP contribution < -0.4 is 25.2 Å². The van der Waals surface area contributed by atoms with Gasteiger partial charge in [0.15, 0.2) is 11.6 Å². The van der Waals surface area contributed by atoms with Gasteiger partial charge in [-0.25, -0.2) is 0 Å². The maximum Gasteiger partial charge on any atom is 0.151 e. The van der Waals surface area contributed by atoms with E-state index in [0.29, 0.717) is 52.6 Å². The van der Waals surface area contributed by atoms with Crippen molar-refractivity contribution in [2.75, 3.05) is 36.0 Å². The van der Waals surface area contributed by atoms with Gasteiger partial charge in [0.25, 0.3) is 0 Å². The summed E-state index contributed by atoms with van der Waals surface area (Å²) in [5.74, 6) is 2.63. The molecule has 2 aliphatic carbocycles. The lowest BCUT2D eigenvalue weighted by Crippen LogP contribution is -2.34. The average Bonchev–Trinajstić information content (AvgIpc) is 3.81. The minimum absolute atomic E-state index is 0.0115. The van der Waals surface area contributed by atoms with E-state index in [1.165, 1.54) is 25.7 Å². The molecule has 5 N–H and O–H groups in total. The molecular formula is C40H42N12O2. The summed E-state index contributed by atoms with van der Waals surface area (Å²) >= 11 is 0. The molecule has 6 heterocycles. The van der Waals surface area contributed by atoms with E-state index in [1.807, 2.05) is 54.7 Å². The molecule has 2 aromatic carbocycles. The number of rotatable bonds is 12. The molecule has 0 amide bonds. The molecule has 2 aliphatic heterocycles. The molecule has 2 saturated carbocycles. The topological polar surface area (TPSA) is 169 Å². The smallest absolute Gasteiger partial charge is 0.151 e. The highest BCUT2D eigenvalue weighted by molar-refractivity contribution is 5.82. The van der Waals surface area contributed by atoms with Crippen molar-refractivity contribution in [1.29, 1.82) is 0 Å². The molecule has 0 spiro atoms. The van der Waals surface area contributed by atoms with Crippen LogP contribution in [0.15, 0.2) is 79.4 Å². The zero-order valence-electron chi connectivity index (χ0n) is 29.8. The van der Waals surface area contributed by atoms with Gasteiger partial charge in [0.2, 0.25) is 0 Å². The van der Waals surface area contributed by atoms with Crippen LogP contribution in [0.3, 0.4) is 0 Å². The number of H-pyrrole nitrogens is 2. The molecule has 2 atom stereocenters. The quantitative estimate of drug-likeness (QED) is 0.107. The summed E-state index contributed by atoms with van der Waals surface area (Å²) in [6.07, 6.45) is 14.4. The van der Waals surface area contributed by atoms with Crippen molar-refractivity contribution in [3.05, 3.63) is 79.4 Å². The average molecular weight is 723 g/mol. The summed E-state index contributed by atoms with van der Waals surface area (Å²) in [7, 11) is 0. The molecule has 14 nitrogen and oxygen atoms in total. The van der Waals surface area contributed by atoms with Crippen molar-refractivity contribution in [2.24, 2.45) is 0 Å². The van der Waals surface area contributed by atoms with Gasteiger partial charge in [-0.15, -0.1) is 20.4 Å². The molecule has 2 saturated heterocycles. The first kappa shape index (κ1) is 32.8. The van der Waals surface area contributed by atoms with E-state index in [0.717, 1.165) is 78.5 Å². The van der Waals surface area contributed by atoms with Gasteiger partial charge >= 0.3 is 0 Å². The van der Waals surface area contributed by atoms with E-state index in [1.54, 1.807) is 24.7 Å². The molecule has 274 valence electrons. The van der Waals surface area contributed by atoms with Crippen LogP contribution in [0.1, 0.15) is 38.5 Å². The van der Waals surface area contributed by atoms with Crippen LogP contribution in [0.4, 0.5) is 11.6 Å². The number of phenols is 1. The Balaban J connectivity index is 0.990. The monoisotopic (exact) mass is 722 g/mol. The lowest BCUT2D eigenvalue weighted by atomic mass is 10.0. The zero-order chi connectivity index (χ0) is 36.0. The Morgan fingerprint density at radius 2 is 1.19 bits per heavy atom. The van der Waals surface area contributed by atoms with Crippen molar-refractivity contribution in [1.82, 2.24) is 51.4 Å². The zero-order valence-corrected chi connectivity index (χ0v) is 29.8. The highest BCUT2D eigenvalue weighted by Crippen LogP contribution is 2.45. The Bertz CT molecular complexity index is 2220. The summed E-state index contributed by atoms with van der Waals surface area (Å²) in [4.78, 5) is 4.56. The van der Waals surface area contributed by atoms with Crippen LogP contribution >= 0.6 is 0 Å². The number of nitrogens with one attached hydrogen (secondary N) is 4. The van der Waals surface area contributed by atoms with E-state index in [-0.39, 0.29) is 5.75 Å². The highest BCUT2D eigenvalue weighted by Gasteiger charge is 2.31. The van der Waals surface area contributed by atoms with E-state index in [9.17, 15) is 5.11 Å². The molecule has 4 aliphatic rings. The SMILES string of the molecule is Oc1cc(-c2cn[nH]c2)cc(Oc2cc(-c3cn[nH]c3)ccc2-c2ccc(N3CC[C@@H](NC4CC4)C3)nn2)c1-c1ccc(N2CC[C@H](NC3CC3)C2)nn1. The fraction of sp³-hybridized carbons (Fsp3) is 0.350. The molecule has 0 bridgehead atoms. The first-order chi connectivity index (χ1) is 26.6. The van der Waals surface area contributed by atoms with Crippen LogP contribution in [-0.4, -0.2) is 96.2 Å². The molecule has 6 aromatic rings. The number of aromatic hydroxyl groups is 1. The first-order valence-corrected chi connectivity index (χ1v) is 19.0. The minimum atomic E-state index is 0.0115. The molecule has 4 aromatic heterocycles. The van der Waals surface area contributed by atoms with Gasteiger partial charge in [0.05, 0.1) is 23.7 Å². The Morgan fingerprint density at radius 3 is 1.74 bits per heavy atom. The van der Waals surface area contributed by atoms with Crippen LogP contribution in [0.5, 0.6) is 17.2 Å². The maximum atomic E-state index is 11.7. The van der Waals surface area contributed by atoms with Crippen LogP contribution in [-0.2, 0) is 0 Å². The normalized spacial score (nSPS) is 19.9. The van der Waals surface area contributed by atoms with Crippen LogP contribution in [0.25, 0.3) is 44.8 Å². The van der Waals surface area contributed by atoms with E-state index in [4.69, 9.17) is 9.84 Å². The second-order valence-electron chi connectivity index (χ2n) is 15.0. The Labute approximate surface area is 312 Å². The van der Waals surface area contributed by atoms with Crippen molar-refractivity contribution in [3.8, 4) is 62.0 Å². The van der Waals surface area contributed by atoms with Crippen LogP contribution in [0.2, 0.25) is 0 Å². The summed E-state index contributed by atoms with van der Waals surface area (Å²) in [6, 6.07) is 19.8. The van der Waals surface area contributed by atoms with Gasteiger partial charge in [-0.3, -0.25) is 10.2 Å². The van der Waals surface area contributed by atoms with E-state index >= 15 is 0 Å². The van der Waals surface area contributed by atoms with Crippen molar-refractivity contribution >= 4 is 11.6 Å². The largest absolute Gasteiger partial charge is 0.507 e. The number of benzene rings is 2. The van der Waals surface area contributed by atoms with Crippen LogP contribution in [0, 0.1) is 0 Å². The third-order valence-corrected chi connectivity index (χ3v) is 10.9. The number of aromatic amines is 2. The number of hydrogen-bond acceptors (Lipinski definition) is 12. The number of nitrogens with zero attached hydrogens (tertiary/aromatic N) is 8. The maximum absolute atomic E-state index is 11.7. The molecule has 54 heavy (non-hydrogen) atoms. The van der Waals surface area contributed by atoms with Gasteiger partial charge in [0, 0.05) is 79.4 Å². The Kier molecular flexibility index (Phi) is 8.40. The third-order valence-electron chi connectivity index (χ3n) is 10.9. The second-order valence-corrected chi connectivity index (χ2v) is 15.0. The standard InChI is InChI=1S/C40H42N12O2/c53-35-15-25(27-20-43-44-21-27)17-37(40(35)34-8-10-39(50-48-34)52-14-12-31(23-52)46-29-4-5-29)54-36-16-24(26-18-41-42-19-26)1-6-32(36)33-7-9-38(49-47-33)51-13-11-30(22-51)45-28-2-3-28/h1,6-10,15-21,28-31,45-46,53H,2-5,11-14,22-23H2,(H,41,42)(H,43,44)/t30-,31+/m1/s1. The molecule has 14 heteroatoms. The summed E-state index contributed by atoms with van der Waals surface area (Å²) in [5.41, 5.74) is 5.68. The minimum Gasteiger partial charge on any atom is -0.507 e. The summed E-state index contributed by atoms with van der Waals surface area (Å²) < 4.78 is 6.89. The number of hydrogen-bond donors (Lipinski definition) is 5. The number of anilines is 2. The molecule has 0 radical (unpaired) electrons. The van der Waals surface area contributed by atoms with Crippen molar-refractivity contribution < 1.29 is 9.84 Å². The van der Waals surface area contributed by atoms with Gasteiger partial charge in [-0.1, -0.05) is 6.07 Å². The summed E-state index contributed by atoms with van der Waals surface area (Å²) in [5, 5.41) is 51.9. The molecular weight excluding hydrogens is 681 g/mol.